The zero-order valence-corrected chi connectivity index (χ0v) is 9.32. The fourth-order valence-electron chi connectivity index (χ4n) is 1.60. The second kappa shape index (κ2) is 5.75. The summed E-state index contributed by atoms with van der Waals surface area (Å²) in [5.41, 5.74) is 1.21. The molecule has 0 fully saturated rings. The lowest BCUT2D eigenvalue weighted by atomic mass is 10.1. The molecule has 0 amide bonds. The predicted molar refractivity (Wildman–Crippen MR) is 57.1 cm³/mol. The Labute approximate surface area is 85.7 Å². The van der Waals surface area contributed by atoms with E-state index in [1.54, 1.807) is 0 Å². The number of hydrogen-bond acceptors (Lipinski definition) is 3. The van der Waals surface area contributed by atoms with Crippen molar-refractivity contribution in [2.75, 3.05) is 6.54 Å². The lowest BCUT2D eigenvalue weighted by molar-refractivity contribution is 0.474. The maximum absolute atomic E-state index is 3.91. The van der Waals surface area contributed by atoms with Gasteiger partial charge in [-0.1, -0.05) is 19.1 Å². The summed E-state index contributed by atoms with van der Waals surface area (Å²) in [5, 5.41) is 11.2. The van der Waals surface area contributed by atoms with Gasteiger partial charge in [-0.25, -0.2) is 0 Å². The Hall–Kier alpha value is -0.900. The number of aryl methyl sites for hydroxylation is 2. The molecule has 4 heteroatoms. The van der Waals surface area contributed by atoms with Gasteiger partial charge in [0.1, 0.15) is 0 Å². The van der Waals surface area contributed by atoms with E-state index in [9.17, 15) is 0 Å². The molecule has 1 heterocycles. The van der Waals surface area contributed by atoms with E-state index in [0.717, 1.165) is 19.4 Å². The van der Waals surface area contributed by atoms with Crippen molar-refractivity contribution in [1.82, 2.24) is 20.3 Å². The van der Waals surface area contributed by atoms with Crippen LogP contribution in [0.25, 0.3) is 0 Å². The number of nitrogens with zero attached hydrogens (tertiary/aromatic N) is 3. The lowest BCUT2D eigenvalue weighted by Crippen LogP contribution is -2.28. The Kier molecular flexibility index (Phi) is 4.59. The molecule has 0 radical (unpaired) electrons. The SMILES string of the molecule is CCNC(CC)CCc1cnnn1C. The fraction of sp³-hybridized carbons (Fsp3) is 0.800. The van der Waals surface area contributed by atoms with Crippen LogP contribution in [0, 0.1) is 0 Å². The molecular weight excluding hydrogens is 176 g/mol. The highest BCUT2D eigenvalue weighted by Crippen LogP contribution is 2.04. The molecule has 1 atom stereocenters. The van der Waals surface area contributed by atoms with Gasteiger partial charge in [-0.2, -0.15) is 0 Å². The minimum absolute atomic E-state index is 0.620. The molecule has 1 aromatic heterocycles. The molecular formula is C10H20N4. The van der Waals surface area contributed by atoms with E-state index in [1.165, 1.54) is 12.1 Å². The minimum atomic E-state index is 0.620. The van der Waals surface area contributed by atoms with E-state index in [2.05, 4.69) is 29.5 Å². The van der Waals surface area contributed by atoms with Gasteiger partial charge >= 0.3 is 0 Å². The van der Waals surface area contributed by atoms with Crippen LogP contribution in [0.2, 0.25) is 0 Å². The second-order valence-electron chi connectivity index (χ2n) is 3.55. The van der Waals surface area contributed by atoms with Crippen molar-refractivity contribution in [2.24, 2.45) is 7.05 Å². The maximum Gasteiger partial charge on any atom is 0.0724 e. The third-order valence-corrected chi connectivity index (χ3v) is 2.54. The van der Waals surface area contributed by atoms with Crippen LogP contribution in [0.4, 0.5) is 0 Å². The Morgan fingerprint density at radius 2 is 2.29 bits per heavy atom. The van der Waals surface area contributed by atoms with E-state index in [4.69, 9.17) is 0 Å². The van der Waals surface area contributed by atoms with Crippen molar-refractivity contribution in [1.29, 1.82) is 0 Å². The van der Waals surface area contributed by atoms with Crippen LogP contribution in [0.5, 0.6) is 0 Å². The van der Waals surface area contributed by atoms with Crippen LogP contribution in [-0.4, -0.2) is 27.6 Å². The summed E-state index contributed by atoms with van der Waals surface area (Å²) in [6.07, 6.45) is 5.23. The number of nitrogens with one attached hydrogen (secondary N) is 1. The summed E-state index contributed by atoms with van der Waals surface area (Å²) in [5.74, 6) is 0. The van der Waals surface area contributed by atoms with E-state index >= 15 is 0 Å². The van der Waals surface area contributed by atoms with Gasteiger partial charge in [-0.05, 0) is 25.8 Å². The van der Waals surface area contributed by atoms with Gasteiger partial charge in [-0.3, -0.25) is 4.68 Å². The summed E-state index contributed by atoms with van der Waals surface area (Å²) >= 11 is 0. The highest BCUT2D eigenvalue weighted by Gasteiger charge is 2.06. The molecule has 1 aromatic rings. The number of hydrogen-bond donors (Lipinski definition) is 1. The van der Waals surface area contributed by atoms with E-state index < -0.39 is 0 Å². The lowest BCUT2D eigenvalue weighted by Gasteiger charge is -2.14. The normalized spacial score (nSPS) is 13.1. The average Bonchev–Trinajstić information content (AvgIpc) is 2.59. The first kappa shape index (κ1) is 11.2. The van der Waals surface area contributed by atoms with Gasteiger partial charge in [0.25, 0.3) is 0 Å². The molecule has 14 heavy (non-hydrogen) atoms. The van der Waals surface area contributed by atoms with Crippen molar-refractivity contribution in [2.45, 2.75) is 39.2 Å². The summed E-state index contributed by atoms with van der Waals surface area (Å²) in [7, 11) is 1.94. The van der Waals surface area contributed by atoms with Crippen molar-refractivity contribution in [3.8, 4) is 0 Å². The summed E-state index contributed by atoms with van der Waals surface area (Å²) < 4.78 is 1.85. The Morgan fingerprint density at radius 1 is 1.50 bits per heavy atom. The summed E-state index contributed by atoms with van der Waals surface area (Å²) in [4.78, 5) is 0. The molecule has 0 aromatic carbocycles. The smallest absolute Gasteiger partial charge is 0.0724 e. The molecule has 0 saturated carbocycles. The molecule has 0 saturated heterocycles. The highest BCUT2D eigenvalue weighted by molar-refractivity contribution is 4.93. The first-order valence-electron chi connectivity index (χ1n) is 5.34. The quantitative estimate of drug-likeness (QED) is 0.742. The molecule has 4 nitrogen and oxygen atoms in total. The highest BCUT2D eigenvalue weighted by atomic mass is 15.4. The zero-order chi connectivity index (χ0) is 10.4. The van der Waals surface area contributed by atoms with Crippen LogP contribution >= 0.6 is 0 Å². The zero-order valence-electron chi connectivity index (χ0n) is 9.32. The number of aromatic nitrogens is 3. The Morgan fingerprint density at radius 3 is 2.79 bits per heavy atom. The van der Waals surface area contributed by atoms with Crippen LogP contribution in [-0.2, 0) is 13.5 Å². The summed E-state index contributed by atoms with van der Waals surface area (Å²) in [6.45, 7) is 5.41. The first-order valence-corrected chi connectivity index (χ1v) is 5.34. The van der Waals surface area contributed by atoms with Crippen LogP contribution < -0.4 is 5.32 Å². The van der Waals surface area contributed by atoms with Gasteiger partial charge in [0.2, 0.25) is 0 Å². The fourth-order valence-corrected chi connectivity index (χ4v) is 1.60. The van der Waals surface area contributed by atoms with Crippen molar-refractivity contribution >= 4 is 0 Å². The Balaban J connectivity index is 2.35. The molecule has 0 aliphatic rings. The van der Waals surface area contributed by atoms with E-state index in [0.29, 0.717) is 6.04 Å². The first-order chi connectivity index (χ1) is 6.77. The molecule has 0 aliphatic carbocycles. The van der Waals surface area contributed by atoms with Gasteiger partial charge in [0.05, 0.1) is 11.9 Å². The molecule has 0 aliphatic heterocycles. The standard InChI is InChI=1S/C10H20N4/c1-4-9(11-5-2)6-7-10-8-12-13-14(10)3/h8-9,11H,4-7H2,1-3H3. The molecule has 0 bridgehead atoms. The van der Waals surface area contributed by atoms with Gasteiger partial charge in [0, 0.05) is 13.1 Å². The molecule has 1 rings (SSSR count). The third kappa shape index (κ3) is 3.10. The predicted octanol–water partition coefficient (Wildman–Crippen LogP) is 1.14. The van der Waals surface area contributed by atoms with Crippen molar-refractivity contribution in [3.05, 3.63) is 11.9 Å². The van der Waals surface area contributed by atoms with Crippen LogP contribution in [0.15, 0.2) is 6.20 Å². The van der Waals surface area contributed by atoms with Crippen molar-refractivity contribution < 1.29 is 0 Å². The third-order valence-electron chi connectivity index (χ3n) is 2.54. The topological polar surface area (TPSA) is 42.7 Å². The van der Waals surface area contributed by atoms with E-state index in [1.807, 2.05) is 17.9 Å². The Bertz CT molecular complexity index is 256. The maximum atomic E-state index is 3.91. The van der Waals surface area contributed by atoms with Crippen LogP contribution in [0.1, 0.15) is 32.4 Å². The van der Waals surface area contributed by atoms with Gasteiger partial charge < -0.3 is 5.32 Å². The van der Waals surface area contributed by atoms with Gasteiger partial charge in [-0.15, -0.1) is 5.10 Å². The number of rotatable bonds is 6. The van der Waals surface area contributed by atoms with E-state index in [-0.39, 0.29) is 0 Å². The average molecular weight is 196 g/mol. The molecule has 0 spiro atoms. The van der Waals surface area contributed by atoms with Crippen LogP contribution in [0.3, 0.4) is 0 Å². The van der Waals surface area contributed by atoms with Crippen molar-refractivity contribution in [3.63, 3.8) is 0 Å². The molecule has 80 valence electrons. The molecule has 1 N–H and O–H groups in total. The largest absolute Gasteiger partial charge is 0.314 e. The summed E-state index contributed by atoms with van der Waals surface area (Å²) in [6, 6.07) is 0.620. The minimum Gasteiger partial charge on any atom is -0.314 e. The second-order valence-corrected chi connectivity index (χ2v) is 3.55. The monoisotopic (exact) mass is 196 g/mol. The van der Waals surface area contributed by atoms with Gasteiger partial charge in [0.15, 0.2) is 0 Å². The molecule has 1 unspecified atom stereocenters.